The summed E-state index contributed by atoms with van der Waals surface area (Å²) in [5, 5.41) is 9.19. The number of anilines is 2. The molecule has 0 fully saturated rings. The molecule has 1 amide bonds. The highest BCUT2D eigenvalue weighted by molar-refractivity contribution is 5.93. The molecule has 1 heterocycles. The molecule has 2 rings (SSSR count). The molecule has 0 atom stereocenters. The van der Waals surface area contributed by atoms with Crippen LogP contribution in [0.25, 0.3) is 0 Å². The van der Waals surface area contributed by atoms with Crippen LogP contribution >= 0.6 is 0 Å². The number of hydrogen-bond acceptors (Lipinski definition) is 6. The summed E-state index contributed by atoms with van der Waals surface area (Å²) in [5.41, 5.74) is 1.17. The zero-order valence-corrected chi connectivity index (χ0v) is 11.7. The smallest absolute Gasteiger partial charge is 0.337 e. The zero-order chi connectivity index (χ0) is 15.2. The molecular formula is C14H15N3O4. The van der Waals surface area contributed by atoms with Crippen molar-refractivity contribution in [2.24, 2.45) is 0 Å². The largest absolute Gasteiger partial charge is 0.465 e. The predicted octanol–water partition coefficient (Wildman–Crippen LogP) is 1.82. The monoisotopic (exact) mass is 289 g/mol. The van der Waals surface area contributed by atoms with Crippen LogP contribution in [0.2, 0.25) is 0 Å². The molecule has 7 nitrogen and oxygen atoms in total. The molecule has 0 aliphatic heterocycles. The van der Waals surface area contributed by atoms with E-state index in [1.165, 1.54) is 7.11 Å². The first-order chi connectivity index (χ1) is 10.1. The number of carbonyl (C=O) groups is 2. The Kier molecular flexibility index (Phi) is 4.55. The first-order valence-electron chi connectivity index (χ1n) is 6.24. The number of rotatable bonds is 5. The van der Waals surface area contributed by atoms with Gasteiger partial charge in [0.15, 0.2) is 5.82 Å². The molecule has 0 aliphatic rings. The minimum absolute atomic E-state index is 0.0729. The summed E-state index contributed by atoms with van der Waals surface area (Å²) in [7, 11) is 1.32. The van der Waals surface area contributed by atoms with Crippen molar-refractivity contribution in [1.82, 2.24) is 5.16 Å². The van der Waals surface area contributed by atoms with Crippen molar-refractivity contribution in [3.63, 3.8) is 0 Å². The average Bonchev–Trinajstić information content (AvgIpc) is 2.90. The summed E-state index contributed by atoms with van der Waals surface area (Å²) >= 11 is 0. The van der Waals surface area contributed by atoms with Crippen LogP contribution in [0, 0.1) is 6.92 Å². The van der Waals surface area contributed by atoms with Crippen molar-refractivity contribution < 1.29 is 18.8 Å². The quantitative estimate of drug-likeness (QED) is 0.815. The Morgan fingerprint density at radius 2 is 2.00 bits per heavy atom. The number of nitrogens with zero attached hydrogens (tertiary/aromatic N) is 1. The maximum absolute atomic E-state index is 11.7. The average molecular weight is 289 g/mol. The van der Waals surface area contributed by atoms with Gasteiger partial charge in [0.2, 0.25) is 5.91 Å². The second kappa shape index (κ2) is 6.56. The maximum Gasteiger partial charge on any atom is 0.337 e. The van der Waals surface area contributed by atoms with E-state index in [0.29, 0.717) is 22.8 Å². The molecule has 0 unspecified atom stereocenters. The molecule has 21 heavy (non-hydrogen) atoms. The first kappa shape index (κ1) is 14.6. The van der Waals surface area contributed by atoms with E-state index in [1.54, 1.807) is 37.3 Å². The summed E-state index contributed by atoms with van der Waals surface area (Å²) in [6, 6.07) is 8.25. The second-order valence-corrected chi connectivity index (χ2v) is 4.29. The van der Waals surface area contributed by atoms with Gasteiger partial charge >= 0.3 is 5.97 Å². The standard InChI is InChI=1S/C14H15N3O4/c1-9-7-12(17-21-9)16-13(18)8-15-11-5-3-10(4-6-11)14(19)20-2/h3-7,15H,8H2,1-2H3,(H,16,17,18). The number of aryl methyl sites for hydroxylation is 1. The van der Waals surface area contributed by atoms with Gasteiger partial charge in [0.05, 0.1) is 19.2 Å². The zero-order valence-electron chi connectivity index (χ0n) is 11.7. The number of esters is 1. The molecule has 7 heteroatoms. The SMILES string of the molecule is COC(=O)c1ccc(NCC(=O)Nc2cc(C)on2)cc1. The number of benzene rings is 1. The fourth-order valence-electron chi connectivity index (χ4n) is 1.64. The van der Waals surface area contributed by atoms with Crippen molar-refractivity contribution in [3.8, 4) is 0 Å². The number of nitrogens with one attached hydrogen (secondary N) is 2. The molecule has 0 aliphatic carbocycles. The molecule has 0 radical (unpaired) electrons. The van der Waals surface area contributed by atoms with Gasteiger partial charge in [0.1, 0.15) is 5.76 Å². The summed E-state index contributed by atoms with van der Waals surface area (Å²) in [6.07, 6.45) is 0. The number of methoxy groups -OCH3 is 1. The van der Waals surface area contributed by atoms with Crippen LogP contribution in [0.1, 0.15) is 16.1 Å². The van der Waals surface area contributed by atoms with Gasteiger partial charge in [-0.1, -0.05) is 5.16 Å². The topological polar surface area (TPSA) is 93.5 Å². The fourth-order valence-corrected chi connectivity index (χ4v) is 1.64. The van der Waals surface area contributed by atoms with Crippen molar-refractivity contribution in [2.45, 2.75) is 6.92 Å². The van der Waals surface area contributed by atoms with E-state index in [9.17, 15) is 9.59 Å². The van der Waals surface area contributed by atoms with Crippen molar-refractivity contribution in [1.29, 1.82) is 0 Å². The van der Waals surface area contributed by atoms with Crippen LogP contribution in [0.5, 0.6) is 0 Å². The van der Waals surface area contributed by atoms with Crippen molar-refractivity contribution >= 4 is 23.4 Å². The Morgan fingerprint density at radius 1 is 1.29 bits per heavy atom. The molecule has 1 aromatic heterocycles. The molecule has 0 saturated heterocycles. The van der Waals surface area contributed by atoms with E-state index >= 15 is 0 Å². The number of amides is 1. The van der Waals surface area contributed by atoms with Crippen LogP contribution < -0.4 is 10.6 Å². The highest BCUT2D eigenvalue weighted by atomic mass is 16.5. The van der Waals surface area contributed by atoms with Gasteiger partial charge in [-0.15, -0.1) is 0 Å². The van der Waals surface area contributed by atoms with E-state index < -0.39 is 5.97 Å². The van der Waals surface area contributed by atoms with Crippen LogP contribution in [0.3, 0.4) is 0 Å². The lowest BCUT2D eigenvalue weighted by Crippen LogP contribution is -2.21. The van der Waals surface area contributed by atoms with Gasteiger partial charge in [0, 0.05) is 11.8 Å². The lowest BCUT2D eigenvalue weighted by atomic mass is 10.2. The molecule has 0 spiro atoms. The Bertz CT molecular complexity index is 634. The van der Waals surface area contributed by atoms with Crippen LogP contribution in [0.15, 0.2) is 34.9 Å². The Labute approximate surface area is 121 Å². The van der Waals surface area contributed by atoms with Crippen LogP contribution in [0.4, 0.5) is 11.5 Å². The van der Waals surface area contributed by atoms with E-state index in [1.807, 2.05) is 0 Å². The normalized spacial score (nSPS) is 10.0. The molecule has 0 bridgehead atoms. The summed E-state index contributed by atoms with van der Waals surface area (Å²) in [6.45, 7) is 1.81. The molecular weight excluding hydrogens is 274 g/mol. The van der Waals surface area contributed by atoms with Gasteiger partial charge in [-0.2, -0.15) is 0 Å². The minimum Gasteiger partial charge on any atom is -0.465 e. The van der Waals surface area contributed by atoms with E-state index in [-0.39, 0.29) is 12.5 Å². The van der Waals surface area contributed by atoms with E-state index in [0.717, 1.165) is 0 Å². The number of ether oxygens (including phenoxy) is 1. The van der Waals surface area contributed by atoms with Gasteiger partial charge < -0.3 is 19.9 Å². The van der Waals surface area contributed by atoms with Gasteiger partial charge in [-0.3, -0.25) is 4.79 Å². The third-order valence-corrected chi connectivity index (χ3v) is 2.65. The Balaban J connectivity index is 1.85. The number of carbonyl (C=O) groups excluding carboxylic acids is 2. The summed E-state index contributed by atoms with van der Waals surface area (Å²) < 4.78 is 9.45. The van der Waals surface area contributed by atoms with E-state index in [4.69, 9.17) is 4.52 Å². The number of aromatic nitrogens is 1. The Hall–Kier alpha value is -2.83. The first-order valence-corrected chi connectivity index (χ1v) is 6.24. The van der Waals surface area contributed by atoms with Crippen molar-refractivity contribution in [3.05, 3.63) is 41.7 Å². The van der Waals surface area contributed by atoms with Crippen LogP contribution in [-0.4, -0.2) is 30.7 Å². The molecule has 0 saturated carbocycles. The second-order valence-electron chi connectivity index (χ2n) is 4.29. The summed E-state index contributed by atoms with van der Waals surface area (Å²) in [5.74, 6) is 0.345. The maximum atomic E-state index is 11.7. The molecule has 2 N–H and O–H groups in total. The lowest BCUT2D eigenvalue weighted by molar-refractivity contribution is -0.114. The highest BCUT2D eigenvalue weighted by Gasteiger charge is 2.07. The van der Waals surface area contributed by atoms with E-state index in [2.05, 4.69) is 20.5 Å². The summed E-state index contributed by atoms with van der Waals surface area (Å²) in [4.78, 5) is 23.0. The third-order valence-electron chi connectivity index (χ3n) is 2.65. The predicted molar refractivity (Wildman–Crippen MR) is 76.1 cm³/mol. The Morgan fingerprint density at radius 3 is 2.57 bits per heavy atom. The third kappa shape index (κ3) is 4.07. The number of hydrogen-bond donors (Lipinski definition) is 2. The molecule has 1 aromatic carbocycles. The van der Waals surface area contributed by atoms with Crippen LogP contribution in [-0.2, 0) is 9.53 Å². The lowest BCUT2D eigenvalue weighted by Gasteiger charge is -2.06. The van der Waals surface area contributed by atoms with Gasteiger partial charge in [-0.05, 0) is 31.2 Å². The van der Waals surface area contributed by atoms with Crippen molar-refractivity contribution in [2.75, 3.05) is 24.3 Å². The highest BCUT2D eigenvalue weighted by Crippen LogP contribution is 2.10. The van der Waals surface area contributed by atoms with Gasteiger partial charge in [0.25, 0.3) is 0 Å². The van der Waals surface area contributed by atoms with Gasteiger partial charge in [-0.25, -0.2) is 4.79 Å². The minimum atomic E-state index is -0.402. The molecule has 110 valence electrons. The fraction of sp³-hybridized carbons (Fsp3) is 0.214. The molecule has 2 aromatic rings.